The van der Waals surface area contributed by atoms with E-state index in [1.807, 2.05) is 76.5 Å². The van der Waals surface area contributed by atoms with Gasteiger partial charge in [-0.3, -0.25) is 9.59 Å². The number of hydrogen-bond acceptors (Lipinski definition) is 3. The summed E-state index contributed by atoms with van der Waals surface area (Å²) in [5.74, 6) is 0.0243. The van der Waals surface area contributed by atoms with Crippen molar-refractivity contribution in [3.63, 3.8) is 0 Å². The van der Waals surface area contributed by atoms with Crippen LogP contribution in [0.1, 0.15) is 26.3 Å². The lowest BCUT2D eigenvalue weighted by Crippen LogP contribution is -2.50. The van der Waals surface area contributed by atoms with E-state index in [1.165, 1.54) is 0 Å². The molecular weight excluding hydrogens is 364 g/mol. The topological polar surface area (TPSA) is 49.9 Å². The number of ether oxygens (including phenoxy) is 1. The summed E-state index contributed by atoms with van der Waals surface area (Å²) in [7, 11) is 1.64. The molecule has 3 aromatic rings. The first-order valence-corrected chi connectivity index (χ1v) is 9.81. The summed E-state index contributed by atoms with van der Waals surface area (Å²) in [6, 6.07) is 21.3. The average molecular weight is 388 g/mol. The molecule has 1 aliphatic rings. The second-order valence-corrected chi connectivity index (χ2v) is 7.24. The highest BCUT2D eigenvalue weighted by Crippen LogP contribution is 2.21. The highest BCUT2D eigenvalue weighted by atomic mass is 16.5. The zero-order valence-electron chi connectivity index (χ0n) is 16.5. The van der Waals surface area contributed by atoms with Gasteiger partial charge in [0.25, 0.3) is 11.8 Å². The van der Waals surface area contributed by atoms with Gasteiger partial charge in [0.05, 0.1) is 6.61 Å². The van der Waals surface area contributed by atoms with E-state index in [9.17, 15) is 9.59 Å². The molecule has 1 heterocycles. The Morgan fingerprint density at radius 2 is 1.48 bits per heavy atom. The standard InChI is InChI=1S/C24H24N2O3/c1-29-17-18-6-4-9-20(16-18)23(27)25-12-14-26(15-13-25)24(28)22-11-5-8-19-7-2-3-10-21(19)22/h2-11,16H,12-15,17H2,1H3. The highest BCUT2D eigenvalue weighted by Gasteiger charge is 2.26. The number of rotatable bonds is 4. The molecule has 0 saturated carbocycles. The lowest BCUT2D eigenvalue weighted by atomic mass is 10.0. The van der Waals surface area contributed by atoms with Crippen molar-refractivity contribution in [1.82, 2.24) is 9.80 Å². The molecule has 1 fully saturated rings. The van der Waals surface area contributed by atoms with Gasteiger partial charge in [0.2, 0.25) is 0 Å². The van der Waals surface area contributed by atoms with E-state index < -0.39 is 0 Å². The molecule has 5 nitrogen and oxygen atoms in total. The van der Waals surface area contributed by atoms with Crippen LogP contribution in [0.4, 0.5) is 0 Å². The zero-order valence-corrected chi connectivity index (χ0v) is 16.5. The highest BCUT2D eigenvalue weighted by molar-refractivity contribution is 6.07. The van der Waals surface area contributed by atoms with E-state index in [1.54, 1.807) is 7.11 Å². The largest absolute Gasteiger partial charge is 0.380 e. The molecule has 3 aromatic carbocycles. The van der Waals surface area contributed by atoms with Crippen molar-refractivity contribution >= 4 is 22.6 Å². The minimum atomic E-state index is 0.000197. The molecule has 1 saturated heterocycles. The maximum Gasteiger partial charge on any atom is 0.254 e. The lowest BCUT2D eigenvalue weighted by Gasteiger charge is -2.35. The van der Waals surface area contributed by atoms with Crippen molar-refractivity contribution in [1.29, 1.82) is 0 Å². The van der Waals surface area contributed by atoms with Crippen LogP contribution in [0.25, 0.3) is 10.8 Å². The van der Waals surface area contributed by atoms with Crippen molar-refractivity contribution in [2.75, 3.05) is 33.3 Å². The molecule has 0 unspecified atom stereocenters. The predicted molar refractivity (Wildman–Crippen MR) is 113 cm³/mol. The van der Waals surface area contributed by atoms with E-state index in [0.717, 1.165) is 21.9 Å². The number of methoxy groups -OCH3 is 1. The maximum absolute atomic E-state index is 13.1. The normalized spacial score (nSPS) is 14.2. The molecule has 0 atom stereocenters. The quantitative estimate of drug-likeness (QED) is 0.686. The van der Waals surface area contributed by atoms with Gasteiger partial charge in [-0.05, 0) is 34.5 Å². The molecule has 4 rings (SSSR count). The third-order valence-corrected chi connectivity index (χ3v) is 5.36. The smallest absolute Gasteiger partial charge is 0.254 e. The van der Waals surface area contributed by atoms with Crippen LogP contribution in [0.3, 0.4) is 0 Å². The summed E-state index contributed by atoms with van der Waals surface area (Å²) < 4.78 is 5.15. The van der Waals surface area contributed by atoms with Crippen molar-refractivity contribution in [3.8, 4) is 0 Å². The van der Waals surface area contributed by atoms with Gasteiger partial charge >= 0.3 is 0 Å². The Kier molecular flexibility index (Phi) is 5.58. The van der Waals surface area contributed by atoms with E-state index in [0.29, 0.717) is 38.3 Å². The lowest BCUT2D eigenvalue weighted by molar-refractivity contribution is 0.0536. The molecule has 5 heteroatoms. The Morgan fingerprint density at radius 1 is 0.828 bits per heavy atom. The summed E-state index contributed by atoms with van der Waals surface area (Å²) >= 11 is 0. The summed E-state index contributed by atoms with van der Waals surface area (Å²) in [6.45, 7) is 2.61. The van der Waals surface area contributed by atoms with Crippen molar-refractivity contribution in [2.24, 2.45) is 0 Å². The first kappa shape index (κ1) is 19.2. The monoisotopic (exact) mass is 388 g/mol. The van der Waals surface area contributed by atoms with Crippen LogP contribution in [0, 0.1) is 0 Å². The van der Waals surface area contributed by atoms with E-state index in [-0.39, 0.29) is 11.8 Å². The third-order valence-electron chi connectivity index (χ3n) is 5.36. The first-order valence-electron chi connectivity index (χ1n) is 9.81. The van der Waals surface area contributed by atoms with Crippen LogP contribution in [-0.4, -0.2) is 54.9 Å². The maximum atomic E-state index is 13.1. The fourth-order valence-electron chi connectivity index (χ4n) is 3.84. The van der Waals surface area contributed by atoms with Gasteiger partial charge in [-0.25, -0.2) is 0 Å². The van der Waals surface area contributed by atoms with Crippen LogP contribution in [0.2, 0.25) is 0 Å². The van der Waals surface area contributed by atoms with Crippen LogP contribution in [0.15, 0.2) is 66.7 Å². The van der Waals surface area contributed by atoms with Gasteiger partial charge in [-0.1, -0.05) is 48.5 Å². The minimum Gasteiger partial charge on any atom is -0.380 e. The van der Waals surface area contributed by atoms with Gasteiger partial charge < -0.3 is 14.5 Å². The molecule has 0 radical (unpaired) electrons. The number of hydrogen-bond donors (Lipinski definition) is 0. The molecule has 29 heavy (non-hydrogen) atoms. The average Bonchev–Trinajstić information content (AvgIpc) is 2.78. The summed E-state index contributed by atoms with van der Waals surface area (Å²) in [5.41, 5.74) is 2.35. The summed E-state index contributed by atoms with van der Waals surface area (Å²) in [5, 5.41) is 2.02. The molecule has 148 valence electrons. The second-order valence-electron chi connectivity index (χ2n) is 7.24. The number of carbonyl (C=O) groups excluding carboxylic acids is 2. The first-order chi connectivity index (χ1) is 14.2. The molecule has 0 bridgehead atoms. The SMILES string of the molecule is COCc1cccc(C(=O)N2CCN(C(=O)c3cccc4ccccc34)CC2)c1. The Labute approximate surface area is 170 Å². The van der Waals surface area contributed by atoms with Crippen LogP contribution >= 0.6 is 0 Å². The van der Waals surface area contributed by atoms with Crippen LogP contribution in [-0.2, 0) is 11.3 Å². The van der Waals surface area contributed by atoms with Crippen molar-refractivity contribution in [2.45, 2.75) is 6.61 Å². The van der Waals surface area contributed by atoms with Crippen LogP contribution in [0.5, 0.6) is 0 Å². The minimum absolute atomic E-state index is 0.000197. The molecular formula is C24H24N2O3. The number of carbonyl (C=O) groups is 2. The van der Waals surface area contributed by atoms with E-state index >= 15 is 0 Å². The van der Waals surface area contributed by atoms with Gasteiger partial charge in [-0.2, -0.15) is 0 Å². The fourth-order valence-corrected chi connectivity index (χ4v) is 3.84. The van der Waals surface area contributed by atoms with E-state index in [2.05, 4.69) is 0 Å². The van der Waals surface area contributed by atoms with Gasteiger partial charge in [0.1, 0.15) is 0 Å². The fraction of sp³-hybridized carbons (Fsp3) is 0.250. The zero-order chi connectivity index (χ0) is 20.2. The van der Waals surface area contributed by atoms with Crippen LogP contribution < -0.4 is 0 Å². The van der Waals surface area contributed by atoms with Gasteiger partial charge in [0, 0.05) is 44.4 Å². The van der Waals surface area contributed by atoms with Crippen molar-refractivity contribution in [3.05, 3.63) is 83.4 Å². The number of benzene rings is 3. The number of fused-ring (bicyclic) bond motifs is 1. The molecule has 1 aliphatic heterocycles. The van der Waals surface area contributed by atoms with Gasteiger partial charge in [0.15, 0.2) is 0 Å². The Bertz CT molecular complexity index is 1030. The number of piperazine rings is 1. The Balaban J connectivity index is 1.44. The predicted octanol–water partition coefficient (Wildman–Crippen LogP) is 3.58. The summed E-state index contributed by atoms with van der Waals surface area (Å²) in [4.78, 5) is 29.6. The van der Waals surface area contributed by atoms with E-state index in [4.69, 9.17) is 4.74 Å². The second kappa shape index (κ2) is 8.45. The summed E-state index contributed by atoms with van der Waals surface area (Å²) in [6.07, 6.45) is 0. The Hall–Kier alpha value is -3.18. The number of nitrogens with zero attached hydrogens (tertiary/aromatic N) is 2. The van der Waals surface area contributed by atoms with Crippen molar-refractivity contribution < 1.29 is 14.3 Å². The molecule has 0 aromatic heterocycles. The Morgan fingerprint density at radius 3 is 2.24 bits per heavy atom. The van der Waals surface area contributed by atoms with Gasteiger partial charge in [-0.15, -0.1) is 0 Å². The molecule has 2 amide bonds. The third kappa shape index (κ3) is 4.00. The molecule has 0 aliphatic carbocycles. The number of amides is 2. The molecule has 0 spiro atoms. The molecule has 0 N–H and O–H groups in total.